The molecule has 0 aliphatic carbocycles. The van der Waals surface area contributed by atoms with Crippen LogP contribution < -0.4 is 15.0 Å². The number of ether oxygens (including phenoxy) is 2. The number of para-hydroxylation sites is 1. The van der Waals surface area contributed by atoms with E-state index in [1.54, 1.807) is 13.3 Å². The number of aromatic nitrogens is 2. The molecule has 0 atom stereocenters. The van der Waals surface area contributed by atoms with Crippen LogP contribution in [0.3, 0.4) is 0 Å². The Hall–Kier alpha value is -1.58. The van der Waals surface area contributed by atoms with Gasteiger partial charge in [-0.15, -0.1) is 0 Å². The minimum Gasteiger partial charge on any atom is -0.493 e. The molecule has 0 N–H and O–H groups in total. The van der Waals surface area contributed by atoms with Crippen molar-refractivity contribution >= 4 is 62.6 Å². The van der Waals surface area contributed by atoms with Gasteiger partial charge < -0.3 is 9.47 Å². The average Bonchev–Trinajstić information content (AvgIpc) is 3.01. The van der Waals surface area contributed by atoms with E-state index >= 15 is 0 Å². The predicted molar refractivity (Wildman–Crippen MR) is 124 cm³/mol. The highest BCUT2D eigenvalue weighted by atomic mass is 127. The Bertz CT molecular complexity index is 1100. The molecule has 0 bridgehead atoms. The lowest BCUT2D eigenvalue weighted by Crippen LogP contribution is -2.17. The van der Waals surface area contributed by atoms with Crippen molar-refractivity contribution < 1.29 is 9.47 Å². The van der Waals surface area contributed by atoms with E-state index in [9.17, 15) is 4.79 Å². The van der Waals surface area contributed by atoms with E-state index < -0.39 is 0 Å². The van der Waals surface area contributed by atoms with Crippen molar-refractivity contribution in [3.05, 3.63) is 53.9 Å². The fourth-order valence-electron chi connectivity index (χ4n) is 2.46. The van der Waals surface area contributed by atoms with Gasteiger partial charge in [0.2, 0.25) is 0 Å². The lowest BCUT2D eigenvalue weighted by atomic mass is 9.98. The van der Waals surface area contributed by atoms with Crippen LogP contribution in [-0.4, -0.2) is 23.1 Å². The van der Waals surface area contributed by atoms with Gasteiger partial charge in [-0.3, -0.25) is 9.20 Å². The van der Waals surface area contributed by atoms with Crippen LogP contribution in [0.25, 0.3) is 17.1 Å². The zero-order chi connectivity index (χ0) is 20.5. The third-order valence-electron chi connectivity index (χ3n) is 3.77. The van der Waals surface area contributed by atoms with E-state index in [0.717, 1.165) is 5.56 Å². The molecule has 0 aliphatic rings. The SMILES string of the molecule is COc1cccc(C=Cc2nc3sc(Cl)cn3c(=O)c2I)c1OCC(C)(C)C. The van der Waals surface area contributed by atoms with Gasteiger partial charge >= 0.3 is 0 Å². The molecule has 0 unspecified atom stereocenters. The number of rotatable bonds is 5. The Morgan fingerprint density at radius 2 is 2.07 bits per heavy atom. The first-order chi connectivity index (χ1) is 13.2. The van der Waals surface area contributed by atoms with Crippen LogP contribution in [0.5, 0.6) is 11.5 Å². The number of hydrogen-bond donors (Lipinski definition) is 0. The second kappa shape index (κ2) is 8.42. The first-order valence-corrected chi connectivity index (χ1v) is 10.8. The molecule has 3 rings (SSSR count). The van der Waals surface area contributed by atoms with Crippen molar-refractivity contribution in [2.24, 2.45) is 5.41 Å². The smallest absolute Gasteiger partial charge is 0.272 e. The highest BCUT2D eigenvalue weighted by molar-refractivity contribution is 14.1. The lowest BCUT2D eigenvalue weighted by molar-refractivity contribution is 0.191. The molecule has 0 saturated carbocycles. The van der Waals surface area contributed by atoms with Crippen molar-refractivity contribution in [3.63, 3.8) is 0 Å². The fraction of sp³-hybridized carbons (Fsp3) is 0.300. The molecule has 0 fully saturated rings. The summed E-state index contributed by atoms with van der Waals surface area (Å²) < 4.78 is 14.0. The first kappa shape index (κ1) is 21.1. The van der Waals surface area contributed by atoms with Crippen molar-refractivity contribution in [3.8, 4) is 11.5 Å². The number of thiazole rings is 1. The molecule has 3 aromatic rings. The van der Waals surface area contributed by atoms with Gasteiger partial charge in [-0.1, -0.05) is 55.8 Å². The largest absolute Gasteiger partial charge is 0.493 e. The van der Waals surface area contributed by atoms with E-state index in [2.05, 4.69) is 25.8 Å². The maximum absolute atomic E-state index is 12.5. The number of nitrogens with zero attached hydrogens (tertiary/aromatic N) is 2. The van der Waals surface area contributed by atoms with Crippen LogP contribution in [0, 0.1) is 8.99 Å². The number of halogens is 2. The zero-order valence-corrected chi connectivity index (χ0v) is 19.7. The molecule has 5 nitrogen and oxygen atoms in total. The zero-order valence-electron chi connectivity index (χ0n) is 16.0. The summed E-state index contributed by atoms with van der Waals surface area (Å²) in [7, 11) is 1.62. The van der Waals surface area contributed by atoms with Gasteiger partial charge in [-0.25, -0.2) is 4.98 Å². The van der Waals surface area contributed by atoms with Gasteiger partial charge in [-0.2, -0.15) is 0 Å². The molecule has 2 heterocycles. The molecule has 0 amide bonds. The van der Waals surface area contributed by atoms with E-state index in [1.165, 1.54) is 15.7 Å². The van der Waals surface area contributed by atoms with Crippen molar-refractivity contribution in [1.82, 2.24) is 9.38 Å². The molecule has 0 aliphatic heterocycles. The monoisotopic (exact) mass is 530 g/mol. The summed E-state index contributed by atoms with van der Waals surface area (Å²) in [6, 6.07) is 5.71. The second-order valence-electron chi connectivity index (χ2n) is 7.37. The summed E-state index contributed by atoms with van der Waals surface area (Å²) in [4.78, 5) is 17.7. The summed E-state index contributed by atoms with van der Waals surface area (Å²) in [6.07, 6.45) is 5.29. The average molecular weight is 531 g/mol. The van der Waals surface area contributed by atoms with Crippen molar-refractivity contribution in [2.75, 3.05) is 13.7 Å². The van der Waals surface area contributed by atoms with Gasteiger partial charge in [0.05, 0.1) is 19.4 Å². The number of fused-ring (bicyclic) bond motifs is 1. The normalized spacial score (nSPS) is 12.1. The molecular weight excluding hydrogens is 511 g/mol. The topological polar surface area (TPSA) is 52.8 Å². The molecule has 1 aromatic carbocycles. The van der Waals surface area contributed by atoms with Crippen LogP contribution in [0.4, 0.5) is 0 Å². The standard InChI is InChI=1S/C20H20ClIN2O3S/c1-20(2,3)11-27-17-12(6-5-7-14(17)26-4)8-9-13-16(22)18(25)24-10-15(21)28-19(24)23-13/h5-10H,11H2,1-4H3. The Morgan fingerprint density at radius 3 is 2.75 bits per heavy atom. The van der Waals surface area contributed by atoms with Crippen molar-refractivity contribution in [1.29, 1.82) is 0 Å². The van der Waals surface area contributed by atoms with Gasteiger partial charge in [0.15, 0.2) is 16.5 Å². The predicted octanol–water partition coefficient (Wildman–Crippen LogP) is 5.62. The second-order valence-corrected chi connectivity index (χ2v) is 10.1. The maximum Gasteiger partial charge on any atom is 0.272 e. The van der Waals surface area contributed by atoms with Crippen LogP contribution in [0.2, 0.25) is 4.34 Å². The van der Waals surface area contributed by atoms with Gasteiger partial charge in [0.1, 0.15) is 7.91 Å². The number of hydrogen-bond acceptors (Lipinski definition) is 5. The van der Waals surface area contributed by atoms with E-state index in [-0.39, 0.29) is 11.0 Å². The Balaban J connectivity index is 2.01. The summed E-state index contributed by atoms with van der Waals surface area (Å²) in [5.74, 6) is 1.33. The molecule has 28 heavy (non-hydrogen) atoms. The van der Waals surface area contributed by atoms with Gasteiger partial charge in [0.25, 0.3) is 5.56 Å². The molecule has 0 saturated heterocycles. The summed E-state index contributed by atoms with van der Waals surface area (Å²) in [6.45, 7) is 6.88. The van der Waals surface area contributed by atoms with Gasteiger partial charge in [-0.05, 0) is 46.2 Å². The van der Waals surface area contributed by atoms with Crippen LogP contribution in [0.15, 0.2) is 29.2 Å². The number of benzene rings is 1. The minimum absolute atomic E-state index is 0.0108. The van der Waals surface area contributed by atoms with Crippen LogP contribution >= 0.6 is 45.5 Å². The molecule has 148 valence electrons. The minimum atomic E-state index is -0.136. The summed E-state index contributed by atoms with van der Waals surface area (Å²) in [5.41, 5.74) is 1.32. The summed E-state index contributed by atoms with van der Waals surface area (Å²) in [5, 5.41) is 0. The molecule has 2 aromatic heterocycles. The first-order valence-electron chi connectivity index (χ1n) is 8.55. The van der Waals surface area contributed by atoms with Gasteiger partial charge in [0, 0.05) is 11.8 Å². The highest BCUT2D eigenvalue weighted by Gasteiger charge is 2.16. The Morgan fingerprint density at radius 1 is 1.32 bits per heavy atom. The fourth-order valence-corrected chi connectivity index (χ4v) is 4.03. The molecule has 0 spiro atoms. The Labute approximate surface area is 186 Å². The van der Waals surface area contributed by atoms with E-state index in [4.69, 9.17) is 21.1 Å². The highest BCUT2D eigenvalue weighted by Crippen LogP contribution is 2.34. The quantitative estimate of drug-likeness (QED) is 0.402. The van der Waals surface area contributed by atoms with Crippen molar-refractivity contribution in [2.45, 2.75) is 20.8 Å². The van der Waals surface area contributed by atoms with E-state index in [1.807, 2.05) is 52.9 Å². The van der Waals surface area contributed by atoms with Crippen LogP contribution in [-0.2, 0) is 0 Å². The molecule has 0 radical (unpaired) electrons. The molecule has 8 heteroatoms. The Kier molecular flexibility index (Phi) is 6.36. The molecular formula is C20H20ClIN2O3S. The summed E-state index contributed by atoms with van der Waals surface area (Å²) >= 11 is 9.31. The third-order valence-corrected chi connectivity index (χ3v) is 5.89. The lowest BCUT2D eigenvalue weighted by Gasteiger charge is -2.21. The third kappa shape index (κ3) is 4.69. The maximum atomic E-state index is 12.5. The number of methoxy groups -OCH3 is 1. The van der Waals surface area contributed by atoms with Crippen LogP contribution in [0.1, 0.15) is 32.0 Å². The van der Waals surface area contributed by atoms with E-state index in [0.29, 0.717) is 36.7 Å².